The Labute approximate surface area is 174 Å². The minimum Gasteiger partial charge on any atom is -0.293 e. The Morgan fingerprint density at radius 2 is 1.83 bits per heavy atom. The molecule has 0 bridgehead atoms. The number of carbonyl (C=O) groups is 1. The Kier molecular flexibility index (Phi) is 5.86. The quantitative estimate of drug-likeness (QED) is 0.622. The lowest BCUT2D eigenvalue weighted by molar-refractivity contribution is -0.121. The standard InChI is InChI=1S/C20H22N6O3S/c27-19(23-20-22-18(24-25-20)17-8-4-5-11-21-17)16-9-12-26(13-10-16)30(28,29)14-15-6-2-1-3-7-15/h1-8,11,16H,9-10,12-14H2,(H2,22,23,24,25,27). The number of carbonyl (C=O) groups excluding carboxylic acids is 1. The van der Waals surface area contributed by atoms with Crippen LogP contribution in [-0.4, -0.2) is 51.9 Å². The van der Waals surface area contributed by atoms with E-state index in [9.17, 15) is 13.2 Å². The van der Waals surface area contributed by atoms with E-state index in [4.69, 9.17) is 0 Å². The lowest BCUT2D eigenvalue weighted by atomic mass is 9.97. The average Bonchev–Trinajstić information content (AvgIpc) is 3.23. The lowest BCUT2D eigenvalue weighted by Crippen LogP contribution is -2.42. The summed E-state index contributed by atoms with van der Waals surface area (Å²) in [5.74, 6) is 0.122. The highest BCUT2D eigenvalue weighted by Gasteiger charge is 2.31. The van der Waals surface area contributed by atoms with Crippen LogP contribution in [-0.2, 0) is 20.6 Å². The number of rotatable bonds is 6. The number of amides is 1. The van der Waals surface area contributed by atoms with Crippen molar-refractivity contribution in [3.8, 4) is 11.5 Å². The van der Waals surface area contributed by atoms with Crippen molar-refractivity contribution in [2.45, 2.75) is 18.6 Å². The summed E-state index contributed by atoms with van der Waals surface area (Å²) in [4.78, 5) is 21.0. The molecular weight excluding hydrogens is 404 g/mol. The van der Waals surface area contributed by atoms with Crippen molar-refractivity contribution in [1.29, 1.82) is 0 Å². The zero-order valence-corrected chi connectivity index (χ0v) is 17.0. The molecule has 3 aromatic rings. The van der Waals surface area contributed by atoms with Crippen molar-refractivity contribution in [3.05, 3.63) is 60.3 Å². The second-order valence-corrected chi connectivity index (χ2v) is 9.10. The number of aromatic amines is 1. The van der Waals surface area contributed by atoms with Gasteiger partial charge in [-0.1, -0.05) is 36.4 Å². The average molecular weight is 427 g/mol. The predicted octanol–water partition coefficient (Wildman–Crippen LogP) is 2.05. The SMILES string of the molecule is O=C(Nc1n[nH]c(-c2ccccn2)n1)C1CCN(S(=O)(=O)Cc2ccccc2)CC1. The largest absolute Gasteiger partial charge is 0.293 e. The molecule has 156 valence electrons. The van der Waals surface area contributed by atoms with Crippen molar-refractivity contribution in [1.82, 2.24) is 24.5 Å². The van der Waals surface area contributed by atoms with E-state index in [1.165, 1.54) is 4.31 Å². The maximum atomic E-state index is 12.7. The molecule has 3 heterocycles. The minimum absolute atomic E-state index is 0.0296. The molecular formula is C20H22N6O3S. The van der Waals surface area contributed by atoms with Crippen LogP contribution in [0.5, 0.6) is 0 Å². The molecule has 2 aromatic heterocycles. The van der Waals surface area contributed by atoms with Crippen molar-refractivity contribution in [2.24, 2.45) is 5.92 Å². The van der Waals surface area contributed by atoms with Gasteiger partial charge in [-0.05, 0) is 30.5 Å². The normalized spacial score (nSPS) is 15.7. The number of hydrogen-bond acceptors (Lipinski definition) is 6. The molecule has 9 nitrogen and oxygen atoms in total. The highest BCUT2D eigenvalue weighted by atomic mass is 32.2. The Morgan fingerprint density at radius 1 is 1.10 bits per heavy atom. The van der Waals surface area contributed by atoms with Gasteiger partial charge in [-0.2, -0.15) is 4.98 Å². The Morgan fingerprint density at radius 3 is 2.53 bits per heavy atom. The lowest BCUT2D eigenvalue weighted by Gasteiger charge is -2.30. The van der Waals surface area contributed by atoms with Crippen LogP contribution < -0.4 is 5.32 Å². The summed E-state index contributed by atoms with van der Waals surface area (Å²) in [5, 5.41) is 9.48. The fourth-order valence-corrected chi connectivity index (χ4v) is 4.98. The molecule has 4 rings (SSSR count). The molecule has 0 atom stereocenters. The fourth-order valence-electron chi connectivity index (χ4n) is 3.42. The van der Waals surface area contributed by atoms with Crippen LogP contribution in [0.3, 0.4) is 0 Å². The number of pyridine rings is 1. The molecule has 0 spiro atoms. The van der Waals surface area contributed by atoms with Crippen molar-refractivity contribution in [3.63, 3.8) is 0 Å². The zero-order valence-electron chi connectivity index (χ0n) is 16.2. The zero-order chi connectivity index (χ0) is 21.0. The number of benzene rings is 1. The number of H-pyrrole nitrogens is 1. The van der Waals surface area contributed by atoms with Gasteiger partial charge < -0.3 is 0 Å². The third-order valence-corrected chi connectivity index (χ3v) is 6.89. The Balaban J connectivity index is 1.32. The van der Waals surface area contributed by atoms with Crippen LogP contribution in [0.4, 0.5) is 5.95 Å². The van der Waals surface area contributed by atoms with E-state index in [-0.39, 0.29) is 23.5 Å². The fraction of sp³-hybridized carbons (Fsp3) is 0.300. The second-order valence-electron chi connectivity index (χ2n) is 7.13. The van der Waals surface area contributed by atoms with Crippen molar-refractivity contribution >= 4 is 21.9 Å². The molecule has 2 N–H and O–H groups in total. The van der Waals surface area contributed by atoms with E-state index >= 15 is 0 Å². The molecule has 30 heavy (non-hydrogen) atoms. The third-order valence-electron chi connectivity index (χ3n) is 5.04. The highest BCUT2D eigenvalue weighted by Crippen LogP contribution is 2.23. The second kappa shape index (κ2) is 8.72. The van der Waals surface area contributed by atoms with Crippen LogP contribution in [0, 0.1) is 5.92 Å². The highest BCUT2D eigenvalue weighted by molar-refractivity contribution is 7.88. The van der Waals surface area contributed by atoms with Crippen molar-refractivity contribution < 1.29 is 13.2 Å². The topological polar surface area (TPSA) is 121 Å². The first kappa shape index (κ1) is 20.2. The number of nitrogens with one attached hydrogen (secondary N) is 2. The van der Waals surface area contributed by atoms with Crippen LogP contribution in [0.2, 0.25) is 0 Å². The van der Waals surface area contributed by atoms with Gasteiger partial charge in [-0.3, -0.25) is 20.2 Å². The van der Waals surface area contributed by atoms with E-state index in [0.717, 1.165) is 5.56 Å². The number of aromatic nitrogens is 4. The molecule has 0 saturated carbocycles. The molecule has 1 aromatic carbocycles. The van der Waals surface area contributed by atoms with Crippen LogP contribution in [0.1, 0.15) is 18.4 Å². The third kappa shape index (κ3) is 4.71. The van der Waals surface area contributed by atoms with E-state index in [2.05, 4.69) is 25.5 Å². The maximum absolute atomic E-state index is 12.7. The molecule has 0 radical (unpaired) electrons. The van der Waals surface area contributed by atoms with Crippen molar-refractivity contribution in [2.75, 3.05) is 18.4 Å². The van der Waals surface area contributed by atoms with Gasteiger partial charge in [-0.15, -0.1) is 5.10 Å². The van der Waals surface area contributed by atoms with Crippen LogP contribution in [0.15, 0.2) is 54.7 Å². The number of nitrogens with zero attached hydrogens (tertiary/aromatic N) is 4. The predicted molar refractivity (Wildman–Crippen MR) is 112 cm³/mol. The Bertz CT molecular complexity index is 1090. The molecule has 1 fully saturated rings. The maximum Gasteiger partial charge on any atom is 0.249 e. The van der Waals surface area contributed by atoms with Gasteiger partial charge in [0.25, 0.3) is 0 Å². The number of piperidine rings is 1. The van der Waals surface area contributed by atoms with Gasteiger partial charge in [-0.25, -0.2) is 12.7 Å². The smallest absolute Gasteiger partial charge is 0.249 e. The summed E-state index contributed by atoms with van der Waals surface area (Å²) in [6.07, 6.45) is 2.56. The van der Waals surface area contributed by atoms with Gasteiger partial charge in [0.05, 0.1) is 5.75 Å². The summed E-state index contributed by atoms with van der Waals surface area (Å²) >= 11 is 0. The molecule has 0 aliphatic carbocycles. The van der Waals surface area contributed by atoms with E-state index in [0.29, 0.717) is 37.4 Å². The molecule has 1 aliphatic rings. The Hall–Kier alpha value is -3.11. The minimum atomic E-state index is -3.41. The van der Waals surface area contributed by atoms with E-state index in [1.54, 1.807) is 30.5 Å². The monoisotopic (exact) mass is 426 g/mol. The summed E-state index contributed by atoms with van der Waals surface area (Å²) in [6.45, 7) is 0.640. The van der Waals surface area contributed by atoms with E-state index < -0.39 is 10.0 Å². The van der Waals surface area contributed by atoms with Gasteiger partial charge in [0.1, 0.15) is 5.69 Å². The molecule has 10 heteroatoms. The molecule has 0 unspecified atom stereocenters. The first-order chi connectivity index (χ1) is 14.5. The number of sulfonamides is 1. The van der Waals surface area contributed by atoms with E-state index in [1.807, 2.05) is 24.3 Å². The number of hydrogen-bond donors (Lipinski definition) is 2. The first-order valence-electron chi connectivity index (χ1n) is 9.68. The van der Waals surface area contributed by atoms with Gasteiger partial charge in [0, 0.05) is 25.2 Å². The van der Waals surface area contributed by atoms with Gasteiger partial charge >= 0.3 is 0 Å². The molecule has 1 saturated heterocycles. The first-order valence-corrected chi connectivity index (χ1v) is 11.3. The molecule has 1 aliphatic heterocycles. The van der Waals surface area contributed by atoms with Crippen LogP contribution >= 0.6 is 0 Å². The van der Waals surface area contributed by atoms with Gasteiger partial charge in [0.2, 0.25) is 21.9 Å². The molecule has 1 amide bonds. The summed E-state index contributed by atoms with van der Waals surface area (Å²) in [5.41, 5.74) is 1.38. The summed E-state index contributed by atoms with van der Waals surface area (Å²) in [7, 11) is -3.41. The van der Waals surface area contributed by atoms with Gasteiger partial charge in [0.15, 0.2) is 5.82 Å². The summed E-state index contributed by atoms with van der Waals surface area (Å²) < 4.78 is 26.8. The van der Waals surface area contributed by atoms with Crippen LogP contribution in [0.25, 0.3) is 11.5 Å². The number of anilines is 1. The summed E-state index contributed by atoms with van der Waals surface area (Å²) in [6, 6.07) is 14.5.